The minimum atomic E-state index is -0.252. The van der Waals surface area contributed by atoms with Gasteiger partial charge in [0.25, 0.3) is 0 Å². The Morgan fingerprint density at radius 2 is 2.00 bits per heavy atom. The quantitative estimate of drug-likeness (QED) is 0.465. The maximum absolute atomic E-state index is 10.3. The Hall–Kier alpha value is -1.97. The highest BCUT2D eigenvalue weighted by Gasteiger charge is 2.32. The van der Waals surface area contributed by atoms with E-state index in [2.05, 4.69) is 28.9 Å². The van der Waals surface area contributed by atoms with E-state index in [4.69, 9.17) is 9.47 Å². The van der Waals surface area contributed by atoms with Gasteiger partial charge in [-0.3, -0.25) is 0 Å². The predicted octanol–water partition coefficient (Wildman–Crippen LogP) is 2.51. The molecule has 0 unspecified atom stereocenters. The molecule has 1 saturated heterocycles. The first-order valence-electron chi connectivity index (χ1n) is 8.82. The fourth-order valence-electron chi connectivity index (χ4n) is 2.94. The van der Waals surface area contributed by atoms with Crippen LogP contribution in [0.25, 0.3) is 0 Å². The first-order valence-corrected chi connectivity index (χ1v) is 9.33. The number of benzene rings is 2. The lowest BCUT2D eigenvalue weighted by Gasteiger charge is -2.27. The number of nitrogens with one attached hydrogen (secondary N) is 3. The van der Waals surface area contributed by atoms with Crippen molar-refractivity contribution in [2.24, 2.45) is 0 Å². The SMILES string of the molecule is COc1cccc(CNN2[C@H](S)NN[C@@H]2c2cccc(OC(C)C)c2)c1O. The number of phenolic OH excluding ortho intramolecular Hbond substituents is 1. The first-order chi connectivity index (χ1) is 13.0. The highest BCUT2D eigenvalue weighted by Crippen LogP contribution is 2.30. The second-order valence-electron chi connectivity index (χ2n) is 6.51. The van der Waals surface area contributed by atoms with Gasteiger partial charge in [0.2, 0.25) is 0 Å². The molecule has 2 aromatic rings. The zero-order chi connectivity index (χ0) is 19.4. The van der Waals surface area contributed by atoms with Crippen LogP contribution in [0, 0.1) is 0 Å². The van der Waals surface area contributed by atoms with Crippen molar-refractivity contribution in [2.45, 2.75) is 38.2 Å². The number of phenols is 1. The molecule has 2 aromatic carbocycles. The van der Waals surface area contributed by atoms with Gasteiger partial charge in [-0.15, -0.1) is 12.6 Å². The summed E-state index contributed by atoms with van der Waals surface area (Å²) in [6.07, 6.45) is -0.0474. The van der Waals surface area contributed by atoms with Gasteiger partial charge in [0.1, 0.15) is 17.4 Å². The molecule has 0 spiro atoms. The summed E-state index contributed by atoms with van der Waals surface area (Å²) < 4.78 is 11.0. The minimum Gasteiger partial charge on any atom is -0.504 e. The van der Waals surface area contributed by atoms with Gasteiger partial charge in [-0.05, 0) is 37.6 Å². The molecule has 1 aliphatic rings. The lowest BCUT2D eigenvalue weighted by atomic mass is 10.1. The first kappa shape index (κ1) is 19.8. The molecule has 27 heavy (non-hydrogen) atoms. The molecular formula is C19H26N4O3S. The maximum atomic E-state index is 10.3. The third-order valence-corrected chi connectivity index (χ3v) is 4.57. The Balaban J connectivity index is 1.74. The van der Waals surface area contributed by atoms with Crippen molar-refractivity contribution >= 4 is 12.6 Å². The van der Waals surface area contributed by atoms with Crippen LogP contribution in [0.3, 0.4) is 0 Å². The minimum absolute atomic E-state index is 0.109. The third kappa shape index (κ3) is 4.66. The van der Waals surface area contributed by atoms with E-state index < -0.39 is 0 Å². The fourth-order valence-corrected chi connectivity index (χ4v) is 3.23. The van der Waals surface area contributed by atoms with Crippen molar-refractivity contribution in [3.63, 3.8) is 0 Å². The van der Waals surface area contributed by atoms with Gasteiger partial charge in [0.05, 0.1) is 13.2 Å². The molecular weight excluding hydrogens is 364 g/mol. The molecule has 0 amide bonds. The van der Waals surface area contributed by atoms with Crippen LogP contribution in [-0.4, -0.2) is 28.8 Å². The van der Waals surface area contributed by atoms with Crippen LogP contribution in [0.15, 0.2) is 42.5 Å². The fraction of sp³-hybridized carbons (Fsp3) is 0.368. The highest BCUT2D eigenvalue weighted by molar-refractivity contribution is 7.80. The van der Waals surface area contributed by atoms with Gasteiger partial charge in [-0.25, -0.2) is 16.3 Å². The van der Waals surface area contributed by atoms with E-state index in [9.17, 15) is 5.11 Å². The van der Waals surface area contributed by atoms with Crippen LogP contribution in [0.2, 0.25) is 0 Å². The third-order valence-electron chi connectivity index (χ3n) is 4.19. The monoisotopic (exact) mass is 390 g/mol. The van der Waals surface area contributed by atoms with E-state index >= 15 is 0 Å². The summed E-state index contributed by atoms with van der Waals surface area (Å²) in [5, 5.41) is 12.2. The van der Waals surface area contributed by atoms with E-state index in [-0.39, 0.29) is 23.5 Å². The molecule has 0 radical (unpaired) electrons. The summed E-state index contributed by atoms with van der Waals surface area (Å²) in [6, 6.07) is 13.4. The van der Waals surface area contributed by atoms with Crippen LogP contribution in [0.1, 0.15) is 31.1 Å². The Labute approximate surface area is 165 Å². The van der Waals surface area contributed by atoms with Crippen LogP contribution in [-0.2, 0) is 6.54 Å². The van der Waals surface area contributed by atoms with Crippen molar-refractivity contribution in [1.29, 1.82) is 0 Å². The zero-order valence-electron chi connectivity index (χ0n) is 15.6. The van der Waals surface area contributed by atoms with Crippen molar-refractivity contribution < 1.29 is 14.6 Å². The Bertz CT molecular complexity index is 774. The van der Waals surface area contributed by atoms with Crippen molar-refractivity contribution in [2.75, 3.05) is 7.11 Å². The van der Waals surface area contributed by atoms with E-state index in [0.717, 1.165) is 16.9 Å². The lowest BCUT2D eigenvalue weighted by Crippen LogP contribution is -2.42. The largest absolute Gasteiger partial charge is 0.504 e. The zero-order valence-corrected chi connectivity index (χ0v) is 16.5. The molecule has 1 heterocycles. The molecule has 0 aromatic heterocycles. The Morgan fingerprint density at radius 3 is 2.74 bits per heavy atom. The summed E-state index contributed by atoms with van der Waals surface area (Å²) in [6.45, 7) is 4.42. The number of nitrogens with zero attached hydrogens (tertiary/aromatic N) is 1. The summed E-state index contributed by atoms with van der Waals surface area (Å²) in [7, 11) is 1.53. The molecule has 0 saturated carbocycles. The summed E-state index contributed by atoms with van der Waals surface area (Å²) >= 11 is 4.56. The Kier molecular flexibility index (Phi) is 6.46. The van der Waals surface area contributed by atoms with Gasteiger partial charge in [-0.1, -0.05) is 24.3 Å². The number of hydrazine groups is 2. The molecule has 0 aliphatic carbocycles. The summed E-state index contributed by atoms with van der Waals surface area (Å²) in [4.78, 5) is 0. The van der Waals surface area contributed by atoms with Gasteiger partial charge in [-0.2, -0.15) is 5.01 Å². The molecule has 4 N–H and O–H groups in total. The molecule has 1 fully saturated rings. The van der Waals surface area contributed by atoms with Crippen LogP contribution < -0.4 is 25.8 Å². The van der Waals surface area contributed by atoms with Crippen LogP contribution >= 0.6 is 12.6 Å². The van der Waals surface area contributed by atoms with Crippen LogP contribution in [0.5, 0.6) is 17.2 Å². The van der Waals surface area contributed by atoms with Gasteiger partial charge in [0.15, 0.2) is 11.5 Å². The summed E-state index contributed by atoms with van der Waals surface area (Å²) in [5.41, 5.74) is 11.2. The molecule has 7 nitrogen and oxygen atoms in total. The number of methoxy groups -OCH3 is 1. The number of para-hydroxylation sites is 1. The number of ether oxygens (including phenoxy) is 2. The van der Waals surface area contributed by atoms with Crippen molar-refractivity contribution in [3.8, 4) is 17.2 Å². The molecule has 8 heteroatoms. The van der Waals surface area contributed by atoms with Gasteiger partial charge in [0, 0.05) is 12.1 Å². The second kappa shape index (κ2) is 8.81. The number of aromatic hydroxyl groups is 1. The number of hydrogen-bond donors (Lipinski definition) is 5. The molecule has 146 valence electrons. The smallest absolute Gasteiger partial charge is 0.162 e. The van der Waals surface area contributed by atoms with E-state index in [1.807, 2.05) is 55.3 Å². The second-order valence-corrected chi connectivity index (χ2v) is 7.00. The molecule has 1 aliphatic heterocycles. The van der Waals surface area contributed by atoms with E-state index in [1.165, 1.54) is 7.11 Å². The number of hydrogen-bond acceptors (Lipinski definition) is 8. The molecule has 3 rings (SSSR count). The van der Waals surface area contributed by atoms with E-state index in [0.29, 0.717) is 12.3 Å². The van der Waals surface area contributed by atoms with Crippen molar-refractivity contribution in [3.05, 3.63) is 53.6 Å². The van der Waals surface area contributed by atoms with Gasteiger partial charge < -0.3 is 14.6 Å². The number of thiol groups is 1. The topological polar surface area (TPSA) is 78.0 Å². The maximum Gasteiger partial charge on any atom is 0.162 e. The normalized spacial score (nSPS) is 20.2. The highest BCUT2D eigenvalue weighted by atomic mass is 32.1. The standard InChI is InChI=1S/C19H26N4O3S/c1-12(2)26-15-8-4-6-13(10-15)18-21-22-19(27)23(18)20-11-14-7-5-9-16(25-3)17(14)24/h4-10,12,18-22,24,27H,11H2,1-3H3/t18-,19+/m0/s1. The molecule has 2 atom stereocenters. The average Bonchev–Trinajstić information content (AvgIpc) is 3.01. The average molecular weight is 391 g/mol. The van der Waals surface area contributed by atoms with Gasteiger partial charge >= 0.3 is 0 Å². The van der Waals surface area contributed by atoms with Crippen LogP contribution in [0.4, 0.5) is 0 Å². The molecule has 0 bridgehead atoms. The Morgan fingerprint density at radius 1 is 1.22 bits per heavy atom. The predicted molar refractivity (Wildman–Crippen MR) is 107 cm³/mol. The van der Waals surface area contributed by atoms with Crippen molar-refractivity contribution in [1.82, 2.24) is 21.3 Å². The number of rotatable bonds is 7. The summed E-state index contributed by atoms with van der Waals surface area (Å²) in [5.74, 6) is 1.40. The lowest BCUT2D eigenvalue weighted by molar-refractivity contribution is 0.143. The van der Waals surface area contributed by atoms with E-state index in [1.54, 1.807) is 6.07 Å².